The van der Waals surface area contributed by atoms with Crippen LogP contribution in [0.25, 0.3) is 11.0 Å². The second-order valence-corrected chi connectivity index (χ2v) is 8.49. The van der Waals surface area contributed by atoms with Crippen LogP contribution >= 0.6 is 0 Å². The molecule has 0 fully saturated rings. The van der Waals surface area contributed by atoms with Gasteiger partial charge in [0, 0.05) is 17.8 Å². The van der Waals surface area contributed by atoms with Gasteiger partial charge in [-0.15, -0.1) is 0 Å². The third-order valence-corrected chi connectivity index (χ3v) is 5.62. The molecule has 2 aromatic carbocycles. The van der Waals surface area contributed by atoms with Crippen LogP contribution in [0.1, 0.15) is 48.0 Å². The molecule has 0 aliphatic rings. The van der Waals surface area contributed by atoms with Gasteiger partial charge in [0.15, 0.2) is 0 Å². The Hall–Kier alpha value is -3.41. The van der Waals surface area contributed by atoms with Crippen LogP contribution in [-0.4, -0.2) is 25.7 Å². The van der Waals surface area contributed by atoms with E-state index in [0.717, 1.165) is 45.7 Å². The monoisotopic (exact) mass is 415 g/mol. The molecule has 2 heterocycles. The van der Waals surface area contributed by atoms with Gasteiger partial charge < -0.3 is 10.3 Å². The van der Waals surface area contributed by atoms with Gasteiger partial charge in [-0.1, -0.05) is 50.2 Å². The van der Waals surface area contributed by atoms with Crippen molar-refractivity contribution in [1.82, 2.24) is 25.1 Å². The zero-order chi connectivity index (χ0) is 22.0. The third-order valence-electron chi connectivity index (χ3n) is 5.62. The number of carbonyl (C=O) groups excluding carboxylic acids is 1. The maximum Gasteiger partial charge on any atom is 0.225 e. The van der Waals surface area contributed by atoms with Crippen LogP contribution in [0.4, 0.5) is 0 Å². The Bertz CT molecular complexity index is 1190. The van der Waals surface area contributed by atoms with Gasteiger partial charge in [-0.3, -0.25) is 9.48 Å². The lowest BCUT2D eigenvalue weighted by Gasteiger charge is -2.20. The molecule has 2 aromatic heterocycles. The largest absolute Gasteiger partial charge is 0.345 e. The molecule has 0 bridgehead atoms. The minimum absolute atomic E-state index is 0.0196. The minimum Gasteiger partial charge on any atom is -0.345 e. The van der Waals surface area contributed by atoms with Crippen molar-refractivity contribution in [3.05, 3.63) is 82.9 Å². The van der Waals surface area contributed by atoms with Gasteiger partial charge in [0.2, 0.25) is 5.91 Å². The Morgan fingerprint density at radius 1 is 1.10 bits per heavy atom. The third kappa shape index (κ3) is 4.53. The molecule has 1 atom stereocenters. The molecule has 0 aliphatic heterocycles. The highest BCUT2D eigenvalue weighted by Gasteiger charge is 2.20. The summed E-state index contributed by atoms with van der Waals surface area (Å²) in [5.41, 5.74) is 6.91. The van der Waals surface area contributed by atoms with Crippen LogP contribution in [0.5, 0.6) is 0 Å². The number of fused-ring (bicyclic) bond motifs is 1. The molecule has 0 saturated heterocycles. The van der Waals surface area contributed by atoms with Crippen LogP contribution in [0.3, 0.4) is 0 Å². The van der Waals surface area contributed by atoms with Gasteiger partial charge in [-0.05, 0) is 43.0 Å². The van der Waals surface area contributed by atoms with Crippen molar-refractivity contribution in [2.24, 2.45) is 5.92 Å². The molecule has 2 N–H and O–H groups in total. The molecule has 6 heteroatoms. The van der Waals surface area contributed by atoms with E-state index in [2.05, 4.69) is 40.3 Å². The summed E-state index contributed by atoms with van der Waals surface area (Å²) < 4.78 is 2.02. The maximum atomic E-state index is 13.2. The number of amides is 1. The van der Waals surface area contributed by atoms with Gasteiger partial charge in [-0.25, -0.2) is 4.98 Å². The molecule has 0 radical (unpaired) electrons. The molecule has 0 unspecified atom stereocenters. The first-order chi connectivity index (χ1) is 14.9. The summed E-state index contributed by atoms with van der Waals surface area (Å²) in [5.74, 6) is 0.480. The van der Waals surface area contributed by atoms with E-state index in [1.54, 1.807) is 6.33 Å². The average Bonchev–Trinajstić information content (AvgIpc) is 3.32. The fraction of sp³-hybridized carbons (Fsp3) is 0.320. The number of aromatic amines is 1. The number of aromatic nitrogens is 4. The Morgan fingerprint density at radius 3 is 2.61 bits per heavy atom. The van der Waals surface area contributed by atoms with Gasteiger partial charge >= 0.3 is 0 Å². The number of aryl methyl sites for hydroxylation is 1. The quantitative estimate of drug-likeness (QED) is 0.467. The van der Waals surface area contributed by atoms with Gasteiger partial charge in [0.1, 0.15) is 0 Å². The Labute approximate surface area is 182 Å². The average molecular weight is 416 g/mol. The van der Waals surface area contributed by atoms with Crippen molar-refractivity contribution in [1.29, 1.82) is 0 Å². The van der Waals surface area contributed by atoms with E-state index in [-0.39, 0.29) is 11.9 Å². The molecule has 0 spiro atoms. The van der Waals surface area contributed by atoms with Crippen LogP contribution in [0.15, 0.2) is 54.9 Å². The summed E-state index contributed by atoms with van der Waals surface area (Å²) in [7, 11) is 0. The number of imidazole rings is 1. The molecule has 1 amide bonds. The molecular formula is C25H29N5O. The molecule has 31 heavy (non-hydrogen) atoms. The number of nitrogens with one attached hydrogen (secondary N) is 2. The van der Waals surface area contributed by atoms with Crippen molar-refractivity contribution in [3.8, 4) is 0 Å². The SMILES string of the molecule is Cc1nn(CC(C)C)c(C)c1CC(=O)N[C@H](c1ccccc1)c1ccc2nc[nH]c2c1. The standard InChI is InChI=1S/C25H29N5O/c1-16(2)14-30-18(4)21(17(3)29-30)13-24(31)28-25(19-8-6-5-7-9-19)20-10-11-22-23(12-20)27-15-26-22/h5-12,15-16,25H,13-14H2,1-4H3,(H,26,27)(H,28,31)/t25-/m1/s1. The highest BCUT2D eigenvalue weighted by Crippen LogP contribution is 2.25. The summed E-state index contributed by atoms with van der Waals surface area (Å²) in [6.07, 6.45) is 2.00. The molecule has 4 rings (SSSR count). The topological polar surface area (TPSA) is 75.6 Å². The lowest BCUT2D eigenvalue weighted by molar-refractivity contribution is -0.121. The van der Waals surface area contributed by atoms with Crippen LogP contribution in [-0.2, 0) is 17.8 Å². The highest BCUT2D eigenvalue weighted by molar-refractivity contribution is 5.81. The van der Waals surface area contributed by atoms with E-state index in [0.29, 0.717) is 12.3 Å². The lowest BCUT2D eigenvalue weighted by atomic mass is 9.97. The molecule has 0 saturated carbocycles. The second kappa shape index (κ2) is 8.76. The molecule has 0 aliphatic carbocycles. The number of hydrogen-bond donors (Lipinski definition) is 2. The van der Waals surface area contributed by atoms with Crippen molar-refractivity contribution < 1.29 is 4.79 Å². The number of nitrogens with zero attached hydrogens (tertiary/aromatic N) is 3. The van der Waals surface area contributed by atoms with Crippen molar-refractivity contribution in [3.63, 3.8) is 0 Å². The summed E-state index contributed by atoms with van der Waals surface area (Å²) in [4.78, 5) is 20.6. The Balaban J connectivity index is 1.60. The van der Waals surface area contributed by atoms with E-state index in [4.69, 9.17) is 0 Å². The highest BCUT2D eigenvalue weighted by atomic mass is 16.1. The van der Waals surface area contributed by atoms with Crippen LogP contribution in [0.2, 0.25) is 0 Å². The van der Waals surface area contributed by atoms with E-state index in [9.17, 15) is 4.79 Å². The zero-order valence-electron chi connectivity index (χ0n) is 18.5. The summed E-state index contributed by atoms with van der Waals surface area (Å²) in [5, 5.41) is 7.90. The van der Waals surface area contributed by atoms with E-state index < -0.39 is 0 Å². The normalized spacial score (nSPS) is 12.4. The number of rotatable bonds is 7. The molecule has 4 aromatic rings. The van der Waals surface area contributed by atoms with Crippen LogP contribution < -0.4 is 5.32 Å². The number of carbonyl (C=O) groups is 1. The van der Waals surface area contributed by atoms with E-state index >= 15 is 0 Å². The predicted octanol–water partition coefficient (Wildman–Crippen LogP) is 4.48. The van der Waals surface area contributed by atoms with E-state index in [1.165, 1.54) is 0 Å². The Morgan fingerprint density at radius 2 is 1.87 bits per heavy atom. The first-order valence-corrected chi connectivity index (χ1v) is 10.7. The summed E-state index contributed by atoms with van der Waals surface area (Å²) >= 11 is 0. The smallest absolute Gasteiger partial charge is 0.225 e. The fourth-order valence-corrected chi connectivity index (χ4v) is 4.02. The van der Waals surface area contributed by atoms with Gasteiger partial charge in [0.05, 0.1) is 35.5 Å². The van der Waals surface area contributed by atoms with Gasteiger partial charge in [-0.2, -0.15) is 5.10 Å². The van der Waals surface area contributed by atoms with Crippen molar-refractivity contribution >= 4 is 16.9 Å². The molecular weight excluding hydrogens is 386 g/mol. The minimum atomic E-state index is -0.243. The molecule has 160 valence electrons. The second-order valence-electron chi connectivity index (χ2n) is 8.49. The predicted molar refractivity (Wildman–Crippen MR) is 123 cm³/mol. The summed E-state index contributed by atoms with van der Waals surface area (Å²) in [6, 6.07) is 15.9. The zero-order valence-corrected chi connectivity index (χ0v) is 18.5. The van der Waals surface area contributed by atoms with Crippen molar-refractivity contribution in [2.45, 2.75) is 46.7 Å². The first kappa shape index (κ1) is 20.8. The number of H-pyrrole nitrogens is 1. The van der Waals surface area contributed by atoms with Crippen LogP contribution in [0, 0.1) is 19.8 Å². The summed E-state index contributed by atoms with van der Waals surface area (Å²) in [6.45, 7) is 9.22. The number of hydrogen-bond acceptors (Lipinski definition) is 3. The lowest BCUT2D eigenvalue weighted by Crippen LogP contribution is -2.31. The Kier molecular flexibility index (Phi) is 5.89. The molecule has 6 nitrogen and oxygen atoms in total. The maximum absolute atomic E-state index is 13.2. The fourth-order valence-electron chi connectivity index (χ4n) is 4.02. The van der Waals surface area contributed by atoms with Crippen molar-refractivity contribution in [2.75, 3.05) is 0 Å². The first-order valence-electron chi connectivity index (χ1n) is 10.7. The van der Waals surface area contributed by atoms with Gasteiger partial charge in [0.25, 0.3) is 0 Å². The number of benzene rings is 2. The van der Waals surface area contributed by atoms with E-state index in [1.807, 2.05) is 61.0 Å².